The van der Waals surface area contributed by atoms with E-state index in [4.69, 9.17) is 10.8 Å². The topological polar surface area (TPSA) is 66.6 Å². The summed E-state index contributed by atoms with van der Waals surface area (Å²) in [6, 6.07) is 2.41. The Morgan fingerprint density at radius 2 is 2.06 bits per heavy atom. The SMILES string of the molecule is Nc1cc(F)c(N2CCSCC2)cc1C(=O)O. The van der Waals surface area contributed by atoms with E-state index < -0.39 is 11.8 Å². The molecule has 0 aliphatic carbocycles. The molecule has 0 spiro atoms. The third-order valence-electron chi connectivity index (χ3n) is 2.70. The molecule has 1 aromatic rings. The molecule has 0 saturated carbocycles. The number of nitrogens with zero attached hydrogens (tertiary/aromatic N) is 1. The molecule has 0 aromatic heterocycles. The van der Waals surface area contributed by atoms with Crippen molar-refractivity contribution in [3.63, 3.8) is 0 Å². The van der Waals surface area contributed by atoms with E-state index in [0.717, 1.165) is 30.7 Å². The van der Waals surface area contributed by atoms with Gasteiger partial charge in [-0.3, -0.25) is 0 Å². The lowest BCUT2D eigenvalue weighted by atomic mass is 10.1. The van der Waals surface area contributed by atoms with E-state index >= 15 is 0 Å². The highest BCUT2D eigenvalue weighted by Crippen LogP contribution is 2.27. The first kappa shape index (κ1) is 12.0. The van der Waals surface area contributed by atoms with Crippen LogP contribution in [-0.2, 0) is 0 Å². The van der Waals surface area contributed by atoms with E-state index in [0.29, 0.717) is 5.69 Å². The predicted octanol–water partition coefficient (Wildman–Crippen LogP) is 1.66. The highest BCUT2D eigenvalue weighted by Gasteiger charge is 2.19. The summed E-state index contributed by atoms with van der Waals surface area (Å²) in [5, 5.41) is 8.95. The normalized spacial score (nSPS) is 15.9. The molecular formula is C11H13FN2O2S. The molecule has 92 valence electrons. The number of carbonyl (C=O) groups is 1. The van der Waals surface area contributed by atoms with Crippen LogP contribution in [0.4, 0.5) is 15.8 Å². The molecule has 3 N–H and O–H groups in total. The number of nitrogen functional groups attached to an aromatic ring is 1. The summed E-state index contributed by atoms with van der Waals surface area (Å²) in [6.07, 6.45) is 0. The highest BCUT2D eigenvalue weighted by molar-refractivity contribution is 7.99. The second-order valence-electron chi connectivity index (χ2n) is 3.80. The highest BCUT2D eigenvalue weighted by atomic mass is 32.2. The van der Waals surface area contributed by atoms with Gasteiger partial charge in [-0.25, -0.2) is 9.18 Å². The number of aromatic carboxylic acids is 1. The van der Waals surface area contributed by atoms with E-state index in [1.54, 1.807) is 0 Å². The number of rotatable bonds is 2. The molecule has 4 nitrogen and oxygen atoms in total. The first-order valence-corrected chi connectivity index (χ1v) is 6.40. The van der Waals surface area contributed by atoms with Crippen LogP contribution in [-0.4, -0.2) is 35.7 Å². The number of thioether (sulfide) groups is 1. The summed E-state index contributed by atoms with van der Waals surface area (Å²) in [5.74, 6) is 0.257. The van der Waals surface area contributed by atoms with Gasteiger partial charge in [0, 0.05) is 30.3 Å². The summed E-state index contributed by atoms with van der Waals surface area (Å²) < 4.78 is 13.8. The maximum Gasteiger partial charge on any atom is 0.337 e. The number of anilines is 2. The number of hydrogen-bond acceptors (Lipinski definition) is 4. The van der Waals surface area contributed by atoms with Crippen molar-refractivity contribution in [1.29, 1.82) is 0 Å². The fourth-order valence-corrected chi connectivity index (χ4v) is 2.71. The van der Waals surface area contributed by atoms with Crippen LogP contribution in [0.25, 0.3) is 0 Å². The standard InChI is InChI=1S/C11H13FN2O2S/c12-8-6-9(13)7(11(15)16)5-10(8)14-1-3-17-4-2-14/h5-6H,1-4,13H2,(H,15,16). The van der Waals surface area contributed by atoms with Gasteiger partial charge in [0.25, 0.3) is 0 Å². The third-order valence-corrected chi connectivity index (χ3v) is 3.64. The van der Waals surface area contributed by atoms with E-state index in [1.165, 1.54) is 6.07 Å². The largest absolute Gasteiger partial charge is 0.478 e. The fourth-order valence-electron chi connectivity index (χ4n) is 1.81. The van der Waals surface area contributed by atoms with Crippen LogP contribution >= 0.6 is 11.8 Å². The molecule has 1 aromatic carbocycles. The van der Waals surface area contributed by atoms with Crippen molar-refractivity contribution in [3.8, 4) is 0 Å². The summed E-state index contributed by atoms with van der Waals surface area (Å²) in [6.45, 7) is 1.45. The number of carboxylic acid groups (broad SMARTS) is 1. The Bertz CT molecular complexity index is 447. The number of nitrogens with two attached hydrogens (primary N) is 1. The lowest BCUT2D eigenvalue weighted by molar-refractivity contribution is 0.0698. The number of carboxylic acids is 1. The zero-order chi connectivity index (χ0) is 12.4. The molecule has 0 atom stereocenters. The van der Waals surface area contributed by atoms with Crippen molar-refractivity contribution in [1.82, 2.24) is 0 Å². The summed E-state index contributed by atoms with van der Waals surface area (Å²) in [7, 11) is 0. The van der Waals surface area contributed by atoms with Crippen molar-refractivity contribution < 1.29 is 14.3 Å². The van der Waals surface area contributed by atoms with Crippen LogP contribution in [0.1, 0.15) is 10.4 Å². The van der Waals surface area contributed by atoms with Gasteiger partial charge >= 0.3 is 5.97 Å². The van der Waals surface area contributed by atoms with E-state index in [-0.39, 0.29) is 11.3 Å². The average Bonchev–Trinajstić information content (AvgIpc) is 2.29. The second kappa shape index (κ2) is 4.83. The smallest absolute Gasteiger partial charge is 0.337 e. The minimum absolute atomic E-state index is 0.0369. The van der Waals surface area contributed by atoms with Gasteiger partial charge in [-0.15, -0.1) is 0 Å². The van der Waals surface area contributed by atoms with Crippen molar-refractivity contribution >= 4 is 29.1 Å². The van der Waals surface area contributed by atoms with Crippen LogP contribution < -0.4 is 10.6 Å². The zero-order valence-electron chi connectivity index (χ0n) is 9.15. The molecule has 17 heavy (non-hydrogen) atoms. The van der Waals surface area contributed by atoms with Gasteiger partial charge in [-0.2, -0.15) is 11.8 Å². The molecule has 6 heteroatoms. The van der Waals surface area contributed by atoms with Gasteiger partial charge in [0.2, 0.25) is 0 Å². The van der Waals surface area contributed by atoms with Gasteiger partial charge in [0.15, 0.2) is 0 Å². The quantitative estimate of drug-likeness (QED) is 0.788. The lowest BCUT2D eigenvalue weighted by Crippen LogP contribution is -2.33. The van der Waals surface area contributed by atoms with Gasteiger partial charge in [-0.05, 0) is 12.1 Å². The van der Waals surface area contributed by atoms with Crippen LogP contribution in [0.3, 0.4) is 0 Å². The summed E-state index contributed by atoms with van der Waals surface area (Å²) >= 11 is 1.81. The second-order valence-corrected chi connectivity index (χ2v) is 5.02. The molecule has 1 aliphatic rings. The van der Waals surface area contributed by atoms with Crippen molar-refractivity contribution in [2.45, 2.75) is 0 Å². The average molecular weight is 256 g/mol. The number of halogens is 1. The lowest BCUT2D eigenvalue weighted by Gasteiger charge is -2.29. The van der Waals surface area contributed by atoms with Crippen molar-refractivity contribution in [2.24, 2.45) is 0 Å². The Morgan fingerprint density at radius 3 is 2.65 bits per heavy atom. The third kappa shape index (κ3) is 2.46. The van der Waals surface area contributed by atoms with Crippen molar-refractivity contribution in [2.75, 3.05) is 35.2 Å². The molecular weight excluding hydrogens is 243 g/mol. The fraction of sp³-hybridized carbons (Fsp3) is 0.364. The molecule has 0 amide bonds. The van der Waals surface area contributed by atoms with Gasteiger partial charge in [0.05, 0.1) is 11.3 Å². The first-order valence-electron chi connectivity index (χ1n) is 5.24. The monoisotopic (exact) mass is 256 g/mol. The maximum absolute atomic E-state index is 13.8. The Balaban J connectivity index is 2.38. The van der Waals surface area contributed by atoms with Crippen molar-refractivity contribution in [3.05, 3.63) is 23.5 Å². The molecule has 0 radical (unpaired) electrons. The maximum atomic E-state index is 13.8. The molecule has 2 rings (SSSR count). The summed E-state index contributed by atoms with van der Waals surface area (Å²) in [4.78, 5) is 12.8. The van der Waals surface area contributed by atoms with Crippen LogP contribution in [0.2, 0.25) is 0 Å². The molecule has 0 bridgehead atoms. The Labute approximate surface area is 103 Å². The number of benzene rings is 1. The van der Waals surface area contributed by atoms with Crippen LogP contribution in [0.15, 0.2) is 12.1 Å². The van der Waals surface area contributed by atoms with E-state index in [9.17, 15) is 9.18 Å². The van der Waals surface area contributed by atoms with Gasteiger partial charge < -0.3 is 15.7 Å². The van der Waals surface area contributed by atoms with Gasteiger partial charge in [-0.1, -0.05) is 0 Å². The Hall–Kier alpha value is -1.43. The number of hydrogen-bond donors (Lipinski definition) is 2. The van der Waals surface area contributed by atoms with Gasteiger partial charge in [0.1, 0.15) is 5.82 Å². The molecule has 1 heterocycles. The van der Waals surface area contributed by atoms with Crippen LogP contribution in [0.5, 0.6) is 0 Å². The minimum Gasteiger partial charge on any atom is -0.478 e. The molecule has 1 aliphatic heterocycles. The Kier molecular flexibility index (Phi) is 3.42. The Morgan fingerprint density at radius 1 is 1.41 bits per heavy atom. The first-order chi connectivity index (χ1) is 8.09. The van der Waals surface area contributed by atoms with Crippen LogP contribution in [0, 0.1) is 5.82 Å². The minimum atomic E-state index is -1.13. The molecule has 1 saturated heterocycles. The van der Waals surface area contributed by atoms with E-state index in [2.05, 4.69) is 0 Å². The molecule has 0 unspecified atom stereocenters. The molecule has 1 fully saturated rings. The zero-order valence-corrected chi connectivity index (χ0v) is 9.97. The predicted molar refractivity (Wildman–Crippen MR) is 67.3 cm³/mol. The summed E-state index contributed by atoms with van der Waals surface area (Å²) in [5.41, 5.74) is 5.73. The van der Waals surface area contributed by atoms with E-state index in [1.807, 2.05) is 16.7 Å².